The molecule has 116 valence electrons. The van der Waals surface area contributed by atoms with Crippen molar-refractivity contribution in [3.63, 3.8) is 0 Å². The number of hydrogen-bond acceptors (Lipinski definition) is 6. The third-order valence-corrected chi connectivity index (χ3v) is 5.63. The lowest BCUT2D eigenvalue weighted by Gasteiger charge is -2.02. The lowest BCUT2D eigenvalue weighted by Crippen LogP contribution is -2.20. The molecule has 0 aromatic carbocycles. The number of fused-ring (bicyclic) bond motifs is 1. The van der Waals surface area contributed by atoms with E-state index in [9.17, 15) is 4.79 Å². The minimum atomic E-state index is -0.0153. The number of rotatable bonds is 4. The van der Waals surface area contributed by atoms with Crippen LogP contribution in [0.5, 0.6) is 0 Å². The molecule has 0 spiro atoms. The molecule has 4 aromatic heterocycles. The van der Waals surface area contributed by atoms with E-state index in [0.29, 0.717) is 11.9 Å². The van der Waals surface area contributed by atoms with Crippen LogP contribution in [0.2, 0.25) is 0 Å². The Balaban J connectivity index is 1.67. The van der Waals surface area contributed by atoms with E-state index in [-0.39, 0.29) is 5.56 Å². The van der Waals surface area contributed by atoms with Crippen LogP contribution in [0.1, 0.15) is 17.5 Å². The van der Waals surface area contributed by atoms with Gasteiger partial charge < -0.3 is 4.42 Å². The van der Waals surface area contributed by atoms with Crippen LogP contribution in [0.3, 0.4) is 0 Å². The summed E-state index contributed by atoms with van der Waals surface area (Å²) in [7, 11) is 0. The molecule has 0 aliphatic rings. The van der Waals surface area contributed by atoms with Crippen molar-refractivity contribution in [2.75, 3.05) is 0 Å². The number of furan rings is 1. The second-order valence-corrected chi connectivity index (χ2v) is 7.06. The maximum absolute atomic E-state index is 12.6. The molecule has 0 aliphatic carbocycles. The quantitative estimate of drug-likeness (QED) is 0.566. The van der Waals surface area contributed by atoms with E-state index in [2.05, 4.69) is 16.9 Å². The summed E-state index contributed by atoms with van der Waals surface area (Å²) in [6, 6.07) is 5.65. The average molecular weight is 343 g/mol. The Morgan fingerprint density at radius 2 is 2.30 bits per heavy atom. The summed E-state index contributed by atoms with van der Waals surface area (Å²) < 4.78 is 6.95. The first kappa shape index (κ1) is 14.3. The van der Waals surface area contributed by atoms with Crippen molar-refractivity contribution in [3.8, 4) is 10.8 Å². The van der Waals surface area contributed by atoms with Crippen molar-refractivity contribution >= 4 is 32.9 Å². The maximum Gasteiger partial charge on any atom is 0.262 e. The molecule has 4 aromatic rings. The number of hydrogen-bond donors (Lipinski definition) is 0. The molecule has 0 saturated heterocycles. The first-order valence-corrected chi connectivity index (χ1v) is 8.90. The van der Waals surface area contributed by atoms with Crippen molar-refractivity contribution in [2.45, 2.75) is 19.9 Å². The number of aromatic nitrogens is 3. The highest BCUT2D eigenvalue weighted by atomic mass is 32.1. The van der Waals surface area contributed by atoms with Crippen LogP contribution in [0.25, 0.3) is 21.0 Å². The molecule has 0 saturated carbocycles. The summed E-state index contributed by atoms with van der Waals surface area (Å²) in [4.78, 5) is 23.5. The van der Waals surface area contributed by atoms with E-state index in [0.717, 1.165) is 27.7 Å². The maximum atomic E-state index is 12.6. The normalized spacial score (nSPS) is 11.3. The molecule has 5 nitrogen and oxygen atoms in total. The van der Waals surface area contributed by atoms with Crippen molar-refractivity contribution in [1.82, 2.24) is 14.5 Å². The standard InChI is InChI=1S/C16H13N3O2S2/c1-2-11-6-12-14(23-11)17-9-19(16(12)20)7-10-8-22-15(18-10)13-4-3-5-21-13/h3-6,8-9H,2,7H2,1H3. The van der Waals surface area contributed by atoms with Crippen LogP contribution in [0.15, 0.2) is 45.4 Å². The van der Waals surface area contributed by atoms with Crippen molar-refractivity contribution in [3.05, 3.63) is 57.1 Å². The second-order valence-electron chi connectivity index (χ2n) is 5.08. The van der Waals surface area contributed by atoms with Gasteiger partial charge in [0.2, 0.25) is 0 Å². The number of nitrogens with zero attached hydrogens (tertiary/aromatic N) is 3. The molecule has 0 radical (unpaired) electrons. The van der Waals surface area contributed by atoms with Crippen molar-refractivity contribution < 1.29 is 4.42 Å². The minimum absolute atomic E-state index is 0.0153. The lowest BCUT2D eigenvalue weighted by atomic mass is 10.3. The van der Waals surface area contributed by atoms with E-state index >= 15 is 0 Å². The number of thiophene rings is 1. The molecule has 0 aliphatic heterocycles. The Labute approximate surface area is 139 Å². The molecule has 0 amide bonds. The highest BCUT2D eigenvalue weighted by Crippen LogP contribution is 2.24. The molecule has 23 heavy (non-hydrogen) atoms. The van der Waals surface area contributed by atoms with Gasteiger partial charge in [0.1, 0.15) is 4.83 Å². The fraction of sp³-hybridized carbons (Fsp3) is 0.188. The molecular formula is C16H13N3O2S2. The van der Waals surface area contributed by atoms with Crippen LogP contribution in [-0.2, 0) is 13.0 Å². The van der Waals surface area contributed by atoms with Gasteiger partial charge >= 0.3 is 0 Å². The topological polar surface area (TPSA) is 60.9 Å². The van der Waals surface area contributed by atoms with Gasteiger partial charge in [0.15, 0.2) is 10.8 Å². The Morgan fingerprint density at radius 1 is 1.39 bits per heavy atom. The fourth-order valence-corrected chi connectivity index (χ4v) is 4.07. The van der Waals surface area contributed by atoms with Gasteiger partial charge in [-0.05, 0) is 24.6 Å². The molecular weight excluding hydrogens is 330 g/mol. The predicted molar refractivity (Wildman–Crippen MR) is 92.2 cm³/mol. The van der Waals surface area contributed by atoms with Crippen LogP contribution < -0.4 is 5.56 Å². The molecule has 0 bridgehead atoms. The first-order chi connectivity index (χ1) is 11.2. The smallest absolute Gasteiger partial charge is 0.262 e. The fourth-order valence-electron chi connectivity index (χ4n) is 2.36. The van der Waals surface area contributed by atoms with Gasteiger partial charge in [-0.25, -0.2) is 9.97 Å². The van der Waals surface area contributed by atoms with Crippen LogP contribution in [0.4, 0.5) is 0 Å². The predicted octanol–water partition coefficient (Wildman–Crippen LogP) is 3.79. The summed E-state index contributed by atoms with van der Waals surface area (Å²) in [5.74, 6) is 0.743. The van der Waals surface area contributed by atoms with Gasteiger partial charge in [0.05, 0.1) is 30.2 Å². The molecule has 4 rings (SSSR count). The minimum Gasteiger partial charge on any atom is -0.462 e. The Hall–Kier alpha value is -2.25. The zero-order valence-corrected chi connectivity index (χ0v) is 14.0. The summed E-state index contributed by atoms with van der Waals surface area (Å²) in [5.41, 5.74) is 0.814. The van der Waals surface area contributed by atoms with E-state index in [1.165, 1.54) is 16.2 Å². The summed E-state index contributed by atoms with van der Waals surface area (Å²) in [6.45, 7) is 2.49. The third kappa shape index (κ3) is 2.62. The largest absolute Gasteiger partial charge is 0.462 e. The van der Waals surface area contributed by atoms with Crippen molar-refractivity contribution in [1.29, 1.82) is 0 Å². The first-order valence-electron chi connectivity index (χ1n) is 7.20. The number of aryl methyl sites for hydroxylation is 1. The third-order valence-electron chi connectivity index (χ3n) is 3.53. The van der Waals surface area contributed by atoms with Crippen LogP contribution in [0, 0.1) is 0 Å². The van der Waals surface area contributed by atoms with E-state index in [1.54, 1.807) is 28.5 Å². The SMILES string of the molecule is CCc1cc2c(=O)n(Cc3csc(-c4ccco4)n3)cnc2s1. The van der Waals surface area contributed by atoms with Gasteiger partial charge in [0.25, 0.3) is 5.56 Å². The highest BCUT2D eigenvalue weighted by molar-refractivity contribution is 7.18. The summed E-state index contributed by atoms with van der Waals surface area (Å²) in [5, 5.41) is 3.45. The molecule has 0 unspecified atom stereocenters. The molecule has 7 heteroatoms. The molecule has 0 N–H and O–H groups in total. The zero-order valence-electron chi connectivity index (χ0n) is 12.4. The lowest BCUT2D eigenvalue weighted by molar-refractivity contribution is 0.581. The number of thiazole rings is 1. The zero-order chi connectivity index (χ0) is 15.8. The van der Waals surface area contributed by atoms with Gasteiger partial charge in [-0.15, -0.1) is 22.7 Å². The monoisotopic (exact) mass is 343 g/mol. The van der Waals surface area contributed by atoms with E-state index in [4.69, 9.17) is 4.42 Å². The molecule has 0 fully saturated rings. The Kier molecular flexibility index (Phi) is 3.59. The van der Waals surface area contributed by atoms with Gasteiger partial charge in [-0.2, -0.15) is 0 Å². The Bertz CT molecular complexity index is 1010. The summed E-state index contributed by atoms with van der Waals surface area (Å²) >= 11 is 3.08. The van der Waals surface area contributed by atoms with Crippen LogP contribution in [-0.4, -0.2) is 14.5 Å². The van der Waals surface area contributed by atoms with Crippen molar-refractivity contribution in [2.24, 2.45) is 0 Å². The molecule has 4 heterocycles. The van der Waals surface area contributed by atoms with Gasteiger partial charge in [0, 0.05) is 10.3 Å². The van der Waals surface area contributed by atoms with Gasteiger partial charge in [-0.3, -0.25) is 9.36 Å². The van der Waals surface area contributed by atoms with E-state index < -0.39 is 0 Å². The van der Waals surface area contributed by atoms with Crippen LogP contribution >= 0.6 is 22.7 Å². The summed E-state index contributed by atoms with van der Waals surface area (Å²) in [6.07, 6.45) is 4.15. The second kappa shape index (κ2) is 5.75. The van der Waals surface area contributed by atoms with Gasteiger partial charge in [-0.1, -0.05) is 6.92 Å². The highest BCUT2D eigenvalue weighted by Gasteiger charge is 2.11. The molecule has 0 atom stereocenters. The van der Waals surface area contributed by atoms with E-state index in [1.807, 2.05) is 23.6 Å². The average Bonchev–Trinajstić information content (AvgIpc) is 3.29. The Morgan fingerprint density at radius 3 is 3.09 bits per heavy atom.